The first-order valence-corrected chi connectivity index (χ1v) is 7.01. The third kappa shape index (κ3) is 2.59. The number of rotatable bonds is 3. The van der Waals surface area contributed by atoms with Gasteiger partial charge in [0.25, 0.3) is 0 Å². The molecule has 0 amide bonds. The monoisotopic (exact) mass is 269 g/mol. The third-order valence-corrected chi connectivity index (χ3v) is 3.62. The summed E-state index contributed by atoms with van der Waals surface area (Å²) in [6, 6.07) is 10.0. The number of hydrogen-bond donors (Lipinski definition) is 0. The molecule has 0 spiro atoms. The second-order valence-electron chi connectivity index (χ2n) is 5.12. The highest BCUT2D eigenvalue weighted by molar-refractivity contribution is 5.62. The maximum absolute atomic E-state index is 5.19. The normalized spacial score (nSPS) is 14.6. The van der Waals surface area contributed by atoms with Gasteiger partial charge in [0.2, 0.25) is 5.95 Å². The van der Waals surface area contributed by atoms with Crippen LogP contribution in [0.25, 0.3) is 11.3 Å². The van der Waals surface area contributed by atoms with Crippen molar-refractivity contribution in [1.29, 1.82) is 0 Å². The molecule has 0 unspecified atom stereocenters. The minimum absolute atomic E-state index is 0.855. The Hall–Kier alpha value is -2.10. The predicted molar refractivity (Wildman–Crippen MR) is 80.2 cm³/mol. The van der Waals surface area contributed by atoms with E-state index in [0.717, 1.165) is 41.7 Å². The van der Waals surface area contributed by atoms with Crippen molar-refractivity contribution in [3.63, 3.8) is 0 Å². The first-order valence-electron chi connectivity index (χ1n) is 7.01. The van der Waals surface area contributed by atoms with Crippen LogP contribution in [0.15, 0.2) is 30.3 Å². The summed E-state index contributed by atoms with van der Waals surface area (Å²) in [7, 11) is 1.68. The number of aryl methyl sites for hydroxylation is 1. The van der Waals surface area contributed by atoms with E-state index in [4.69, 9.17) is 9.72 Å². The van der Waals surface area contributed by atoms with Gasteiger partial charge in [0, 0.05) is 24.3 Å². The van der Waals surface area contributed by atoms with Gasteiger partial charge in [-0.2, -0.15) is 0 Å². The number of benzene rings is 1. The minimum Gasteiger partial charge on any atom is -0.497 e. The molecule has 1 aromatic heterocycles. The van der Waals surface area contributed by atoms with E-state index < -0.39 is 0 Å². The summed E-state index contributed by atoms with van der Waals surface area (Å²) in [5.41, 5.74) is 3.08. The zero-order valence-electron chi connectivity index (χ0n) is 12.0. The highest BCUT2D eigenvalue weighted by Gasteiger charge is 2.16. The van der Waals surface area contributed by atoms with Crippen molar-refractivity contribution >= 4 is 5.95 Å². The topological polar surface area (TPSA) is 38.2 Å². The van der Waals surface area contributed by atoms with Crippen LogP contribution in [-0.4, -0.2) is 30.2 Å². The van der Waals surface area contributed by atoms with Gasteiger partial charge in [0.15, 0.2) is 0 Å². The molecule has 1 aliphatic heterocycles. The lowest BCUT2D eigenvalue weighted by molar-refractivity contribution is 0.415. The lowest BCUT2D eigenvalue weighted by Gasteiger charge is -2.16. The average Bonchev–Trinajstić information content (AvgIpc) is 3.01. The SMILES string of the molecule is COc1ccc(-c2cc(C)nc(N3CCCC3)n2)cc1. The molecule has 0 aliphatic carbocycles. The van der Waals surface area contributed by atoms with Gasteiger partial charge in [-0.1, -0.05) is 0 Å². The van der Waals surface area contributed by atoms with E-state index in [9.17, 15) is 0 Å². The lowest BCUT2D eigenvalue weighted by Crippen LogP contribution is -2.20. The molecule has 2 heterocycles. The number of hydrogen-bond acceptors (Lipinski definition) is 4. The number of aromatic nitrogens is 2. The Morgan fingerprint density at radius 2 is 1.75 bits per heavy atom. The van der Waals surface area contributed by atoms with Gasteiger partial charge in [0.1, 0.15) is 5.75 Å². The van der Waals surface area contributed by atoms with E-state index >= 15 is 0 Å². The maximum Gasteiger partial charge on any atom is 0.226 e. The van der Waals surface area contributed by atoms with E-state index in [1.54, 1.807) is 7.11 Å². The number of anilines is 1. The van der Waals surface area contributed by atoms with Crippen LogP contribution in [0.1, 0.15) is 18.5 Å². The molecule has 4 nitrogen and oxygen atoms in total. The summed E-state index contributed by atoms with van der Waals surface area (Å²) in [4.78, 5) is 11.5. The van der Waals surface area contributed by atoms with Gasteiger partial charge >= 0.3 is 0 Å². The second kappa shape index (κ2) is 5.49. The van der Waals surface area contributed by atoms with E-state index in [1.165, 1.54) is 12.8 Å². The van der Waals surface area contributed by atoms with Crippen LogP contribution in [0.4, 0.5) is 5.95 Å². The Morgan fingerprint density at radius 1 is 1.05 bits per heavy atom. The van der Waals surface area contributed by atoms with Crippen molar-refractivity contribution in [3.05, 3.63) is 36.0 Å². The highest BCUT2D eigenvalue weighted by atomic mass is 16.5. The molecule has 1 saturated heterocycles. The van der Waals surface area contributed by atoms with Gasteiger partial charge in [-0.15, -0.1) is 0 Å². The molecule has 0 saturated carbocycles. The first kappa shape index (κ1) is 12.9. The Balaban J connectivity index is 1.95. The number of nitrogens with zero attached hydrogens (tertiary/aromatic N) is 3. The molecule has 2 aromatic rings. The van der Waals surface area contributed by atoms with E-state index in [-0.39, 0.29) is 0 Å². The Labute approximate surface area is 119 Å². The standard InChI is InChI=1S/C16H19N3O/c1-12-11-15(13-5-7-14(20-2)8-6-13)18-16(17-12)19-9-3-4-10-19/h5-8,11H,3-4,9-10H2,1-2H3. The fraction of sp³-hybridized carbons (Fsp3) is 0.375. The number of methoxy groups -OCH3 is 1. The summed E-state index contributed by atoms with van der Waals surface area (Å²) < 4.78 is 5.19. The van der Waals surface area contributed by atoms with Crippen LogP contribution in [0.3, 0.4) is 0 Å². The molecule has 4 heteroatoms. The van der Waals surface area contributed by atoms with E-state index in [2.05, 4.69) is 9.88 Å². The highest BCUT2D eigenvalue weighted by Crippen LogP contribution is 2.24. The molecule has 0 atom stereocenters. The van der Waals surface area contributed by atoms with Crippen molar-refractivity contribution in [2.24, 2.45) is 0 Å². The molecule has 3 rings (SSSR count). The lowest BCUT2D eigenvalue weighted by atomic mass is 10.1. The number of ether oxygens (including phenoxy) is 1. The Bertz CT molecular complexity index is 589. The maximum atomic E-state index is 5.19. The van der Waals surface area contributed by atoms with Gasteiger partial charge < -0.3 is 9.64 Å². The molecule has 0 bridgehead atoms. The van der Waals surface area contributed by atoms with Gasteiger partial charge in [-0.05, 0) is 50.1 Å². The van der Waals surface area contributed by atoms with Gasteiger partial charge in [-0.3, -0.25) is 0 Å². The van der Waals surface area contributed by atoms with Crippen molar-refractivity contribution in [2.45, 2.75) is 19.8 Å². The predicted octanol–water partition coefficient (Wildman–Crippen LogP) is 3.06. The van der Waals surface area contributed by atoms with Gasteiger partial charge in [0.05, 0.1) is 12.8 Å². The Kier molecular flexibility index (Phi) is 3.54. The molecule has 1 aliphatic rings. The Morgan fingerprint density at radius 3 is 2.40 bits per heavy atom. The van der Waals surface area contributed by atoms with Crippen LogP contribution in [0, 0.1) is 6.92 Å². The molecular formula is C16H19N3O. The summed E-state index contributed by atoms with van der Waals surface area (Å²) >= 11 is 0. The van der Waals surface area contributed by atoms with Crippen molar-refractivity contribution in [1.82, 2.24) is 9.97 Å². The molecule has 104 valence electrons. The van der Waals surface area contributed by atoms with Crippen molar-refractivity contribution < 1.29 is 4.74 Å². The van der Waals surface area contributed by atoms with Crippen molar-refractivity contribution in [2.75, 3.05) is 25.1 Å². The zero-order chi connectivity index (χ0) is 13.9. The van der Waals surface area contributed by atoms with Crippen LogP contribution < -0.4 is 9.64 Å². The van der Waals surface area contributed by atoms with Gasteiger partial charge in [-0.25, -0.2) is 9.97 Å². The molecule has 20 heavy (non-hydrogen) atoms. The van der Waals surface area contributed by atoms with Crippen LogP contribution in [0.2, 0.25) is 0 Å². The molecule has 1 aromatic carbocycles. The summed E-state index contributed by atoms with van der Waals surface area (Å²) in [5.74, 6) is 1.72. The quantitative estimate of drug-likeness (QED) is 0.858. The third-order valence-electron chi connectivity index (χ3n) is 3.62. The summed E-state index contributed by atoms with van der Waals surface area (Å²) in [5, 5.41) is 0. The molecule has 0 N–H and O–H groups in total. The molecular weight excluding hydrogens is 250 g/mol. The second-order valence-corrected chi connectivity index (χ2v) is 5.12. The smallest absolute Gasteiger partial charge is 0.226 e. The van der Waals surface area contributed by atoms with E-state index in [1.807, 2.05) is 37.3 Å². The minimum atomic E-state index is 0.855. The van der Waals surface area contributed by atoms with Crippen LogP contribution >= 0.6 is 0 Å². The van der Waals surface area contributed by atoms with Crippen LogP contribution in [0.5, 0.6) is 5.75 Å². The zero-order valence-corrected chi connectivity index (χ0v) is 12.0. The average molecular weight is 269 g/mol. The molecule has 1 fully saturated rings. The van der Waals surface area contributed by atoms with Crippen LogP contribution in [-0.2, 0) is 0 Å². The molecule has 0 radical (unpaired) electrons. The fourth-order valence-electron chi connectivity index (χ4n) is 2.52. The van der Waals surface area contributed by atoms with Crippen molar-refractivity contribution in [3.8, 4) is 17.0 Å². The first-order chi connectivity index (χ1) is 9.76. The summed E-state index contributed by atoms with van der Waals surface area (Å²) in [6.07, 6.45) is 2.46. The fourth-order valence-corrected chi connectivity index (χ4v) is 2.52. The van der Waals surface area contributed by atoms with E-state index in [0.29, 0.717) is 0 Å². The summed E-state index contributed by atoms with van der Waals surface area (Å²) in [6.45, 7) is 4.14. The largest absolute Gasteiger partial charge is 0.497 e.